The van der Waals surface area contributed by atoms with E-state index < -0.39 is 5.82 Å². The van der Waals surface area contributed by atoms with Gasteiger partial charge < -0.3 is 19.3 Å². The van der Waals surface area contributed by atoms with E-state index in [1.54, 1.807) is 4.90 Å². The number of halogens is 1. The van der Waals surface area contributed by atoms with Gasteiger partial charge in [-0.25, -0.2) is 14.2 Å². The third-order valence-corrected chi connectivity index (χ3v) is 3.60. The van der Waals surface area contributed by atoms with Crippen LogP contribution in [0.3, 0.4) is 0 Å². The normalized spacial score (nSPS) is 14.9. The van der Waals surface area contributed by atoms with E-state index in [4.69, 9.17) is 9.47 Å². The molecule has 1 aliphatic heterocycles. The minimum absolute atomic E-state index is 0.140. The molecule has 1 amide bonds. The van der Waals surface area contributed by atoms with Crippen LogP contribution in [-0.4, -0.2) is 55.9 Å². The second-order valence-electron chi connectivity index (χ2n) is 5.09. The number of carbonyl (C=O) groups is 1. The number of methoxy groups -OCH3 is 1. The van der Waals surface area contributed by atoms with E-state index in [1.165, 1.54) is 19.4 Å². The third-order valence-electron chi connectivity index (χ3n) is 3.60. The van der Waals surface area contributed by atoms with Crippen LogP contribution in [-0.2, 0) is 4.74 Å². The Kier molecular flexibility index (Phi) is 5.80. The molecule has 1 aromatic rings. The second kappa shape index (κ2) is 7.82. The maximum Gasteiger partial charge on any atom is 0.409 e. The molecule has 7 heteroatoms. The number of hydrogen-bond acceptors (Lipinski definition) is 5. The van der Waals surface area contributed by atoms with E-state index in [1.807, 2.05) is 11.8 Å². The highest BCUT2D eigenvalue weighted by Crippen LogP contribution is 2.29. The zero-order valence-corrected chi connectivity index (χ0v) is 13.0. The van der Waals surface area contributed by atoms with Crippen molar-refractivity contribution in [3.05, 3.63) is 18.1 Å². The van der Waals surface area contributed by atoms with Crippen LogP contribution in [0, 0.1) is 5.82 Å². The number of anilines is 1. The van der Waals surface area contributed by atoms with E-state index >= 15 is 0 Å². The van der Waals surface area contributed by atoms with Crippen molar-refractivity contribution in [3.63, 3.8) is 0 Å². The van der Waals surface area contributed by atoms with Gasteiger partial charge in [-0.05, 0) is 12.5 Å². The van der Waals surface area contributed by atoms with Gasteiger partial charge in [0.05, 0.1) is 13.7 Å². The van der Waals surface area contributed by atoms with Crippen LogP contribution in [0.2, 0.25) is 0 Å². The maximum absolute atomic E-state index is 13.7. The number of unbranched alkanes of at least 4 members (excludes halogenated alkanes) is 1. The summed E-state index contributed by atoms with van der Waals surface area (Å²) in [6.45, 7) is 4.67. The molecule has 1 aliphatic rings. The van der Waals surface area contributed by atoms with Crippen LogP contribution in [0.5, 0.6) is 5.75 Å². The molecule has 0 N–H and O–H groups in total. The van der Waals surface area contributed by atoms with Crippen molar-refractivity contribution in [3.8, 4) is 5.75 Å². The SMILES string of the molecule is CCCCOC(=O)N1CCN(c2nccc(F)c2OC)CC1. The van der Waals surface area contributed by atoms with Crippen molar-refractivity contribution in [2.75, 3.05) is 44.8 Å². The number of amides is 1. The predicted molar refractivity (Wildman–Crippen MR) is 80.8 cm³/mol. The molecular weight excluding hydrogens is 289 g/mol. The predicted octanol–water partition coefficient (Wildman–Crippen LogP) is 2.29. The van der Waals surface area contributed by atoms with Gasteiger partial charge in [-0.15, -0.1) is 0 Å². The molecular formula is C15H22FN3O3. The summed E-state index contributed by atoms with van der Waals surface area (Å²) in [5.74, 6) is 0.178. The minimum atomic E-state index is -0.436. The van der Waals surface area contributed by atoms with Gasteiger partial charge in [0.1, 0.15) is 0 Å². The molecule has 0 unspecified atom stereocenters. The lowest BCUT2D eigenvalue weighted by Gasteiger charge is -2.35. The maximum atomic E-state index is 13.7. The number of hydrogen-bond donors (Lipinski definition) is 0. The Morgan fingerprint density at radius 2 is 2.09 bits per heavy atom. The molecule has 122 valence electrons. The number of carbonyl (C=O) groups excluding carboxylic acids is 1. The van der Waals surface area contributed by atoms with Gasteiger partial charge in [0, 0.05) is 32.4 Å². The third kappa shape index (κ3) is 3.78. The molecule has 0 spiro atoms. The summed E-state index contributed by atoms with van der Waals surface area (Å²) in [6.07, 6.45) is 2.99. The summed E-state index contributed by atoms with van der Waals surface area (Å²) in [5, 5.41) is 0. The van der Waals surface area contributed by atoms with Crippen LogP contribution >= 0.6 is 0 Å². The first-order valence-electron chi connectivity index (χ1n) is 7.52. The quantitative estimate of drug-likeness (QED) is 0.781. The van der Waals surface area contributed by atoms with Gasteiger partial charge >= 0.3 is 6.09 Å². The molecule has 0 bridgehead atoms. The minimum Gasteiger partial charge on any atom is -0.490 e. The molecule has 22 heavy (non-hydrogen) atoms. The Labute approximate surface area is 129 Å². The lowest BCUT2D eigenvalue weighted by Crippen LogP contribution is -2.49. The number of ether oxygens (including phenoxy) is 2. The number of piperazine rings is 1. The van der Waals surface area contributed by atoms with Gasteiger partial charge in [0.2, 0.25) is 0 Å². The molecule has 1 fully saturated rings. The average Bonchev–Trinajstić information content (AvgIpc) is 2.55. The van der Waals surface area contributed by atoms with E-state index in [9.17, 15) is 9.18 Å². The molecule has 0 aliphatic carbocycles. The molecule has 0 atom stereocenters. The lowest BCUT2D eigenvalue weighted by molar-refractivity contribution is 0.0988. The highest BCUT2D eigenvalue weighted by Gasteiger charge is 2.25. The topological polar surface area (TPSA) is 54.9 Å². The van der Waals surface area contributed by atoms with Crippen molar-refractivity contribution >= 4 is 11.9 Å². The second-order valence-corrected chi connectivity index (χ2v) is 5.09. The monoisotopic (exact) mass is 311 g/mol. The summed E-state index contributed by atoms with van der Waals surface area (Å²) < 4.78 is 24.0. The Morgan fingerprint density at radius 1 is 1.36 bits per heavy atom. The highest BCUT2D eigenvalue weighted by atomic mass is 19.1. The fourth-order valence-electron chi connectivity index (χ4n) is 2.32. The number of pyridine rings is 1. The standard InChI is InChI=1S/C15H22FN3O3/c1-3-4-11-22-15(20)19-9-7-18(8-10-19)14-13(21-2)12(16)5-6-17-14/h5-6H,3-4,7-11H2,1-2H3. The first-order valence-corrected chi connectivity index (χ1v) is 7.52. The summed E-state index contributed by atoms with van der Waals surface area (Å²) in [4.78, 5) is 19.6. The Bertz CT molecular complexity index is 505. The molecule has 1 aromatic heterocycles. The van der Waals surface area contributed by atoms with Crippen molar-refractivity contribution < 1.29 is 18.7 Å². The van der Waals surface area contributed by atoms with Crippen molar-refractivity contribution in [2.24, 2.45) is 0 Å². The van der Waals surface area contributed by atoms with Crippen LogP contribution in [0.1, 0.15) is 19.8 Å². The van der Waals surface area contributed by atoms with E-state index in [-0.39, 0.29) is 11.8 Å². The summed E-state index contributed by atoms with van der Waals surface area (Å²) in [7, 11) is 1.42. The fraction of sp³-hybridized carbons (Fsp3) is 0.600. The van der Waals surface area contributed by atoms with E-state index in [0.717, 1.165) is 12.8 Å². The zero-order valence-electron chi connectivity index (χ0n) is 13.0. The van der Waals surface area contributed by atoms with Crippen LogP contribution in [0.4, 0.5) is 15.0 Å². The largest absolute Gasteiger partial charge is 0.490 e. The Balaban J connectivity index is 1.92. The summed E-state index contributed by atoms with van der Waals surface area (Å²) in [6, 6.07) is 1.27. The number of aromatic nitrogens is 1. The average molecular weight is 311 g/mol. The smallest absolute Gasteiger partial charge is 0.409 e. The van der Waals surface area contributed by atoms with E-state index in [2.05, 4.69) is 4.98 Å². The van der Waals surface area contributed by atoms with Crippen molar-refractivity contribution in [1.82, 2.24) is 9.88 Å². The van der Waals surface area contributed by atoms with E-state index in [0.29, 0.717) is 38.6 Å². The van der Waals surface area contributed by atoms with Crippen LogP contribution in [0.15, 0.2) is 12.3 Å². The molecule has 6 nitrogen and oxygen atoms in total. The number of rotatable bonds is 5. The molecule has 0 saturated carbocycles. The van der Waals surface area contributed by atoms with Gasteiger partial charge in [-0.3, -0.25) is 0 Å². The molecule has 0 radical (unpaired) electrons. The van der Waals surface area contributed by atoms with Crippen LogP contribution in [0.25, 0.3) is 0 Å². The molecule has 1 saturated heterocycles. The first kappa shape index (κ1) is 16.3. The number of nitrogens with zero attached hydrogens (tertiary/aromatic N) is 3. The van der Waals surface area contributed by atoms with Gasteiger partial charge in [-0.2, -0.15) is 0 Å². The van der Waals surface area contributed by atoms with Crippen molar-refractivity contribution in [1.29, 1.82) is 0 Å². The Morgan fingerprint density at radius 3 is 2.73 bits per heavy atom. The Hall–Kier alpha value is -2.05. The van der Waals surface area contributed by atoms with Gasteiger partial charge in [0.15, 0.2) is 17.4 Å². The highest BCUT2D eigenvalue weighted by molar-refractivity contribution is 5.68. The fourth-order valence-corrected chi connectivity index (χ4v) is 2.32. The molecule has 0 aromatic carbocycles. The first-order chi connectivity index (χ1) is 10.7. The summed E-state index contributed by atoms with van der Waals surface area (Å²) in [5.41, 5.74) is 0. The molecule has 2 rings (SSSR count). The van der Waals surface area contributed by atoms with Crippen molar-refractivity contribution in [2.45, 2.75) is 19.8 Å². The molecule has 2 heterocycles. The lowest BCUT2D eigenvalue weighted by atomic mass is 10.3. The van der Waals surface area contributed by atoms with Gasteiger partial charge in [-0.1, -0.05) is 13.3 Å². The van der Waals surface area contributed by atoms with Crippen LogP contribution < -0.4 is 9.64 Å². The van der Waals surface area contributed by atoms with Gasteiger partial charge in [0.25, 0.3) is 0 Å². The summed E-state index contributed by atoms with van der Waals surface area (Å²) >= 11 is 0. The zero-order chi connectivity index (χ0) is 15.9.